The average Bonchev–Trinajstić information content (AvgIpc) is 3.21. The molecule has 4 aromatic rings. The summed E-state index contributed by atoms with van der Waals surface area (Å²) in [6, 6.07) is 21.9. The zero-order valence-corrected chi connectivity index (χ0v) is 18.7. The molecule has 0 aliphatic heterocycles. The van der Waals surface area contributed by atoms with E-state index in [1.807, 2.05) is 41.8 Å². The summed E-state index contributed by atoms with van der Waals surface area (Å²) < 4.78 is 29.4. The Kier molecular flexibility index (Phi) is 7.14. The Morgan fingerprint density at radius 3 is 2.39 bits per heavy atom. The second-order valence-electron chi connectivity index (χ2n) is 7.49. The van der Waals surface area contributed by atoms with Crippen LogP contribution < -0.4 is 5.32 Å². The lowest BCUT2D eigenvalue weighted by Crippen LogP contribution is -2.28. The van der Waals surface area contributed by atoms with Gasteiger partial charge in [0.2, 0.25) is 5.91 Å². The van der Waals surface area contributed by atoms with Crippen LogP contribution in [0.4, 0.5) is 8.78 Å². The van der Waals surface area contributed by atoms with Gasteiger partial charge in [0.15, 0.2) is 11.0 Å². The minimum atomic E-state index is -0.387. The fourth-order valence-corrected chi connectivity index (χ4v) is 4.14. The molecule has 0 aliphatic rings. The molecule has 5 nitrogen and oxygen atoms in total. The van der Waals surface area contributed by atoms with Gasteiger partial charge in [0.25, 0.3) is 0 Å². The van der Waals surface area contributed by atoms with Crippen LogP contribution in [0.2, 0.25) is 0 Å². The van der Waals surface area contributed by atoms with E-state index in [0.717, 1.165) is 11.1 Å². The highest BCUT2D eigenvalue weighted by molar-refractivity contribution is 7.99. The van der Waals surface area contributed by atoms with Crippen molar-refractivity contribution in [3.63, 3.8) is 0 Å². The van der Waals surface area contributed by atoms with Crippen LogP contribution in [0.25, 0.3) is 11.4 Å². The maximum atomic E-state index is 14.5. The van der Waals surface area contributed by atoms with Gasteiger partial charge in [-0.25, -0.2) is 8.78 Å². The largest absolute Gasteiger partial charge is 0.349 e. The van der Waals surface area contributed by atoms with E-state index in [2.05, 4.69) is 15.5 Å². The van der Waals surface area contributed by atoms with Crippen LogP contribution in [0.1, 0.15) is 24.1 Å². The molecule has 4 rings (SSSR count). The van der Waals surface area contributed by atoms with Crippen molar-refractivity contribution >= 4 is 17.7 Å². The molecule has 168 valence electrons. The predicted octanol–water partition coefficient (Wildman–Crippen LogP) is 5.24. The lowest BCUT2D eigenvalue weighted by atomic mass is 10.1. The van der Waals surface area contributed by atoms with Crippen LogP contribution in [0.5, 0.6) is 0 Å². The number of thioether (sulfide) groups is 1. The molecule has 0 saturated heterocycles. The van der Waals surface area contributed by atoms with E-state index in [-0.39, 0.29) is 29.3 Å². The highest BCUT2D eigenvalue weighted by Gasteiger charge is 2.19. The number of benzene rings is 3. The van der Waals surface area contributed by atoms with Crippen LogP contribution in [0.3, 0.4) is 0 Å². The standard InChI is InChI=1S/C25H22F2N4OS/c1-17(19-11-13-20(26)14-12-19)28-23(32)16-33-25-30-29-24(21-9-5-6-10-22(21)27)31(25)15-18-7-3-2-4-8-18/h2-14,17H,15-16H2,1H3,(H,28,32). The van der Waals surface area contributed by atoms with E-state index in [9.17, 15) is 13.6 Å². The minimum absolute atomic E-state index is 0.107. The first-order chi connectivity index (χ1) is 16.0. The smallest absolute Gasteiger partial charge is 0.230 e. The number of nitrogens with zero attached hydrogens (tertiary/aromatic N) is 3. The van der Waals surface area contributed by atoms with Crippen LogP contribution in [0.15, 0.2) is 84.0 Å². The number of hydrogen-bond acceptors (Lipinski definition) is 4. The van der Waals surface area contributed by atoms with Crippen molar-refractivity contribution in [1.29, 1.82) is 0 Å². The molecule has 8 heteroatoms. The maximum Gasteiger partial charge on any atom is 0.230 e. The summed E-state index contributed by atoms with van der Waals surface area (Å²) in [5.41, 5.74) is 2.16. The minimum Gasteiger partial charge on any atom is -0.349 e. The molecule has 1 heterocycles. The molecule has 1 unspecified atom stereocenters. The fraction of sp³-hybridized carbons (Fsp3) is 0.160. The molecule has 0 bridgehead atoms. The quantitative estimate of drug-likeness (QED) is 0.362. The van der Waals surface area contributed by atoms with Gasteiger partial charge in [0.05, 0.1) is 23.9 Å². The van der Waals surface area contributed by atoms with Gasteiger partial charge < -0.3 is 5.32 Å². The van der Waals surface area contributed by atoms with Gasteiger partial charge in [-0.15, -0.1) is 10.2 Å². The van der Waals surface area contributed by atoms with Crippen molar-refractivity contribution in [2.24, 2.45) is 0 Å². The number of amides is 1. The van der Waals surface area contributed by atoms with Crippen molar-refractivity contribution in [2.45, 2.75) is 24.7 Å². The second kappa shape index (κ2) is 10.4. The number of halogens is 2. The van der Waals surface area contributed by atoms with Crippen molar-refractivity contribution in [1.82, 2.24) is 20.1 Å². The van der Waals surface area contributed by atoms with Crippen molar-refractivity contribution in [3.8, 4) is 11.4 Å². The molecule has 1 amide bonds. The molecule has 0 saturated carbocycles. The third-order valence-electron chi connectivity index (χ3n) is 5.09. The van der Waals surface area contributed by atoms with Crippen molar-refractivity contribution in [3.05, 3.63) is 102 Å². The molecule has 3 aromatic carbocycles. The van der Waals surface area contributed by atoms with E-state index in [1.165, 1.54) is 30.0 Å². The van der Waals surface area contributed by atoms with Gasteiger partial charge in [0.1, 0.15) is 11.6 Å². The Hall–Kier alpha value is -3.52. The van der Waals surface area contributed by atoms with Gasteiger partial charge in [-0.05, 0) is 42.3 Å². The van der Waals surface area contributed by atoms with Crippen LogP contribution in [-0.2, 0) is 11.3 Å². The highest BCUT2D eigenvalue weighted by atomic mass is 32.2. The molecule has 1 N–H and O–H groups in total. The predicted molar refractivity (Wildman–Crippen MR) is 125 cm³/mol. The Bertz CT molecular complexity index is 1230. The maximum absolute atomic E-state index is 14.5. The number of carbonyl (C=O) groups is 1. The molecule has 1 atom stereocenters. The third-order valence-corrected chi connectivity index (χ3v) is 6.06. The lowest BCUT2D eigenvalue weighted by molar-refractivity contribution is -0.119. The van der Waals surface area contributed by atoms with Crippen molar-refractivity contribution in [2.75, 3.05) is 5.75 Å². The Balaban J connectivity index is 1.51. The van der Waals surface area contributed by atoms with E-state index in [4.69, 9.17) is 0 Å². The fourth-order valence-electron chi connectivity index (χ4n) is 3.39. The number of rotatable bonds is 8. The van der Waals surface area contributed by atoms with Gasteiger partial charge in [-0.3, -0.25) is 9.36 Å². The van der Waals surface area contributed by atoms with Crippen LogP contribution in [-0.4, -0.2) is 26.4 Å². The first-order valence-corrected chi connectivity index (χ1v) is 11.4. The monoisotopic (exact) mass is 464 g/mol. The van der Waals surface area contributed by atoms with Crippen LogP contribution in [0, 0.1) is 11.6 Å². The number of carbonyl (C=O) groups excluding carboxylic acids is 1. The van der Waals surface area contributed by atoms with Gasteiger partial charge in [-0.2, -0.15) is 0 Å². The topological polar surface area (TPSA) is 59.8 Å². The van der Waals surface area contributed by atoms with E-state index < -0.39 is 0 Å². The van der Waals surface area contributed by atoms with Gasteiger partial charge in [0, 0.05) is 0 Å². The molecule has 0 radical (unpaired) electrons. The summed E-state index contributed by atoms with van der Waals surface area (Å²) in [5.74, 6) is -0.397. The van der Waals surface area contributed by atoms with E-state index >= 15 is 0 Å². The molecular formula is C25H22F2N4OS. The Labute approximate surface area is 194 Å². The average molecular weight is 465 g/mol. The van der Waals surface area contributed by atoms with E-state index in [0.29, 0.717) is 23.1 Å². The van der Waals surface area contributed by atoms with Gasteiger partial charge >= 0.3 is 0 Å². The van der Waals surface area contributed by atoms with Gasteiger partial charge in [-0.1, -0.05) is 66.4 Å². The zero-order chi connectivity index (χ0) is 23.2. The molecule has 0 spiro atoms. The molecular weight excluding hydrogens is 442 g/mol. The molecule has 1 aromatic heterocycles. The lowest BCUT2D eigenvalue weighted by Gasteiger charge is -2.14. The Morgan fingerprint density at radius 2 is 1.67 bits per heavy atom. The number of nitrogens with one attached hydrogen (secondary N) is 1. The summed E-state index contributed by atoms with van der Waals surface area (Å²) in [7, 11) is 0. The number of hydrogen-bond donors (Lipinski definition) is 1. The SMILES string of the molecule is CC(NC(=O)CSc1nnc(-c2ccccc2F)n1Cc1ccccc1)c1ccc(F)cc1. The van der Waals surface area contributed by atoms with E-state index in [1.54, 1.807) is 30.3 Å². The summed E-state index contributed by atoms with van der Waals surface area (Å²) in [4.78, 5) is 12.5. The van der Waals surface area contributed by atoms with Crippen LogP contribution >= 0.6 is 11.8 Å². The first kappa shape index (κ1) is 22.7. The number of aromatic nitrogens is 3. The molecule has 0 fully saturated rings. The normalized spacial score (nSPS) is 11.8. The third kappa shape index (κ3) is 5.64. The molecule has 0 aliphatic carbocycles. The highest BCUT2D eigenvalue weighted by Crippen LogP contribution is 2.27. The van der Waals surface area contributed by atoms with Crippen molar-refractivity contribution < 1.29 is 13.6 Å². The summed E-state index contributed by atoms with van der Waals surface area (Å²) >= 11 is 1.23. The summed E-state index contributed by atoms with van der Waals surface area (Å²) in [6.07, 6.45) is 0. The zero-order valence-electron chi connectivity index (χ0n) is 17.9. The Morgan fingerprint density at radius 1 is 0.970 bits per heavy atom. The summed E-state index contributed by atoms with van der Waals surface area (Å²) in [5, 5.41) is 11.9. The second-order valence-corrected chi connectivity index (χ2v) is 8.43. The molecule has 33 heavy (non-hydrogen) atoms. The first-order valence-electron chi connectivity index (χ1n) is 10.4. The summed E-state index contributed by atoms with van der Waals surface area (Å²) in [6.45, 7) is 2.28.